The van der Waals surface area contributed by atoms with Crippen molar-refractivity contribution in [2.45, 2.75) is 25.7 Å². The zero-order valence-electron chi connectivity index (χ0n) is 12.5. The second-order valence-corrected chi connectivity index (χ2v) is 5.50. The van der Waals surface area contributed by atoms with Crippen LogP contribution in [0.3, 0.4) is 0 Å². The van der Waals surface area contributed by atoms with E-state index in [-0.39, 0.29) is 17.6 Å². The van der Waals surface area contributed by atoms with Crippen LogP contribution in [-0.4, -0.2) is 33.9 Å². The average molecular weight is 299 g/mol. The Kier molecular flexibility index (Phi) is 4.13. The van der Waals surface area contributed by atoms with Gasteiger partial charge < -0.3 is 4.90 Å². The lowest BCUT2D eigenvalue weighted by molar-refractivity contribution is 0.0789. The van der Waals surface area contributed by atoms with Crippen molar-refractivity contribution in [3.05, 3.63) is 59.4 Å². The maximum absolute atomic E-state index is 13.9. The Labute approximate surface area is 129 Å². The molecule has 2 aromatic rings. The minimum absolute atomic E-state index is 0.0565. The molecule has 5 heteroatoms. The molecule has 1 fully saturated rings. The van der Waals surface area contributed by atoms with Crippen LogP contribution in [0.15, 0.2) is 36.7 Å². The minimum atomic E-state index is -0.197. The SMILES string of the molecule is CCc1ncc(C(=O)N2CCC(c3ccccc3F)C2)cn1. The van der Waals surface area contributed by atoms with E-state index in [0.717, 1.165) is 18.7 Å². The number of nitrogens with zero attached hydrogens (tertiary/aromatic N) is 3. The van der Waals surface area contributed by atoms with Gasteiger partial charge in [0.05, 0.1) is 5.56 Å². The summed E-state index contributed by atoms with van der Waals surface area (Å²) < 4.78 is 13.9. The first-order valence-electron chi connectivity index (χ1n) is 7.53. The first kappa shape index (κ1) is 14.6. The van der Waals surface area contributed by atoms with Crippen LogP contribution >= 0.6 is 0 Å². The predicted octanol–water partition coefficient (Wildman–Crippen LogP) is 2.81. The number of aromatic nitrogens is 2. The van der Waals surface area contributed by atoms with E-state index in [0.29, 0.717) is 24.2 Å². The molecule has 1 atom stereocenters. The van der Waals surface area contributed by atoms with E-state index in [1.54, 1.807) is 29.4 Å². The highest BCUT2D eigenvalue weighted by atomic mass is 19.1. The number of likely N-dealkylation sites (tertiary alicyclic amines) is 1. The van der Waals surface area contributed by atoms with E-state index in [1.807, 2.05) is 13.0 Å². The summed E-state index contributed by atoms with van der Waals surface area (Å²) in [5.74, 6) is 0.502. The smallest absolute Gasteiger partial charge is 0.257 e. The monoisotopic (exact) mass is 299 g/mol. The Morgan fingerprint density at radius 2 is 2.05 bits per heavy atom. The van der Waals surface area contributed by atoms with Crippen LogP contribution in [0.2, 0.25) is 0 Å². The van der Waals surface area contributed by atoms with Crippen LogP contribution in [0.5, 0.6) is 0 Å². The molecule has 0 bridgehead atoms. The number of carbonyl (C=O) groups excluding carboxylic acids is 1. The first-order chi connectivity index (χ1) is 10.7. The van der Waals surface area contributed by atoms with Gasteiger partial charge in [0.2, 0.25) is 0 Å². The summed E-state index contributed by atoms with van der Waals surface area (Å²) in [6.07, 6.45) is 4.67. The standard InChI is InChI=1S/C17H18FN3O/c1-2-16-19-9-13(10-20-16)17(22)21-8-7-12(11-21)14-5-3-4-6-15(14)18/h3-6,9-10,12H,2,7-8,11H2,1H3. The topological polar surface area (TPSA) is 46.1 Å². The molecular formula is C17H18FN3O. The molecule has 22 heavy (non-hydrogen) atoms. The molecular weight excluding hydrogens is 281 g/mol. The largest absolute Gasteiger partial charge is 0.338 e. The number of halogens is 1. The van der Waals surface area contributed by atoms with Crippen molar-refractivity contribution in [3.8, 4) is 0 Å². The molecule has 0 spiro atoms. The van der Waals surface area contributed by atoms with E-state index < -0.39 is 0 Å². The molecule has 1 amide bonds. The minimum Gasteiger partial charge on any atom is -0.338 e. The van der Waals surface area contributed by atoms with E-state index in [1.165, 1.54) is 6.07 Å². The molecule has 114 valence electrons. The van der Waals surface area contributed by atoms with Gasteiger partial charge in [-0.2, -0.15) is 0 Å². The van der Waals surface area contributed by atoms with Crippen molar-refractivity contribution in [3.63, 3.8) is 0 Å². The lowest BCUT2D eigenvalue weighted by Crippen LogP contribution is -2.28. The van der Waals surface area contributed by atoms with Crippen LogP contribution in [0.4, 0.5) is 4.39 Å². The molecule has 1 aromatic carbocycles. The van der Waals surface area contributed by atoms with Gasteiger partial charge in [0.1, 0.15) is 11.6 Å². The quantitative estimate of drug-likeness (QED) is 0.875. The molecule has 1 unspecified atom stereocenters. The summed E-state index contributed by atoms with van der Waals surface area (Å²) in [5, 5.41) is 0. The number of aryl methyl sites for hydroxylation is 1. The third kappa shape index (κ3) is 2.84. The summed E-state index contributed by atoms with van der Waals surface area (Å²) in [6.45, 7) is 3.14. The van der Waals surface area contributed by atoms with Crippen molar-refractivity contribution in [1.82, 2.24) is 14.9 Å². The van der Waals surface area contributed by atoms with Crippen LogP contribution < -0.4 is 0 Å². The highest BCUT2D eigenvalue weighted by molar-refractivity contribution is 5.93. The zero-order chi connectivity index (χ0) is 15.5. The van der Waals surface area contributed by atoms with E-state index in [4.69, 9.17) is 0 Å². The third-order valence-electron chi connectivity index (χ3n) is 4.09. The third-order valence-corrected chi connectivity index (χ3v) is 4.09. The summed E-state index contributed by atoms with van der Waals surface area (Å²) >= 11 is 0. The fourth-order valence-corrected chi connectivity index (χ4v) is 2.84. The number of amides is 1. The van der Waals surface area contributed by atoms with Crippen molar-refractivity contribution in [1.29, 1.82) is 0 Å². The van der Waals surface area contributed by atoms with E-state index in [2.05, 4.69) is 9.97 Å². The van der Waals surface area contributed by atoms with Gasteiger partial charge in [-0.15, -0.1) is 0 Å². The Hall–Kier alpha value is -2.30. The Morgan fingerprint density at radius 3 is 2.73 bits per heavy atom. The molecule has 0 aliphatic carbocycles. The molecule has 3 rings (SSSR count). The summed E-state index contributed by atoms with van der Waals surface area (Å²) in [7, 11) is 0. The van der Waals surface area contributed by atoms with Gasteiger partial charge in [-0.25, -0.2) is 14.4 Å². The van der Waals surface area contributed by atoms with Gasteiger partial charge in [0.15, 0.2) is 0 Å². The number of rotatable bonds is 3. The Balaban J connectivity index is 1.72. The highest BCUT2D eigenvalue weighted by Gasteiger charge is 2.29. The summed E-state index contributed by atoms with van der Waals surface area (Å²) in [5.41, 5.74) is 1.18. The first-order valence-corrected chi connectivity index (χ1v) is 7.53. The molecule has 0 N–H and O–H groups in total. The fourth-order valence-electron chi connectivity index (χ4n) is 2.84. The van der Waals surface area contributed by atoms with E-state index >= 15 is 0 Å². The van der Waals surface area contributed by atoms with Crippen molar-refractivity contribution in [2.75, 3.05) is 13.1 Å². The van der Waals surface area contributed by atoms with Crippen LogP contribution in [0.25, 0.3) is 0 Å². The lowest BCUT2D eigenvalue weighted by Gasteiger charge is -2.16. The van der Waals surface area contributed by atoms with Crippen molar-refractivity contribution >= 4 is 5.91 Å². The molecule has 2 heterocycles. The zero-order valence-corrected chi connectivity index (χ0v) is 12.5. The van der Waals surface area contributed by atoms with Gasteiger partial charge in [0.25, 0.3) is 5.91 Å². The van der Waals surface area contributed by atoms with Crippen molar-refractivity contribution in [2.24, 2.45) is 0 Å². The molecule has 1 aromatic heterocycles. The molecule has 0 radical (unpaired) electrons. The fraction of sp³-hybridized carbons (Fsp3) is 0.353. The van der Waals surface area contributed by atoms with Gasteiger partial charge in [0, 0.05) is 37.8 Å². The van der Waals surface area contributed by atoms with Gasteiger partial charge >= 0.3 is 0 Å². The highest BCUT2D eigenvalue weighted by Crippen LogP contribution is 2.29. The van der Waals surface area contributed by atoms with Crippen LogP contribution in [0.1, 0.15) is 41.0 Å². The summed E-state index contributed by atoms with van der Waals surface area (Å²) in [6, 6.07) is 6.79. The number of hydrogen-bond donors (Lipinski definition) is 0. The number of hydrogen-bond acceptors (Lipinski definition) is 3. The molecule has 1 saturated heterocycles. The maximum Gasteiger partial charge on any atom is 0.257 e. The lowest BCUT2D eigenvalue weighted by atomic mass is 9.98. The molecule has 1 aliphatic rings. The van der Waals surface area contributed by atoms with Crippen LogP contribution in [-0.2, 0) is 6.42 Å². The van der Waals surface area contributed by atoms with E-state index in [9.17, 15) is 9.18 Å². The van der Waals surface area contributed by atoms with Gasteiger partial charge in [-0.3, -0.25) is 4.79 Å². The Morgan fingerprint density at radius 1 is 1.32 bits per heavy atom. The van der Waals surface area contributed by atoms with Crippen molar-refractivity contribution < 1.29 is 9.18 Å². The maximum atomic E-state index is 13.9. The molecule has 4 nitrogen and oxygen atoms in total. The van der Waals surface area contributed by atoms with Crippen LogP contribution in [0, 0.1) is 5.82 Å². The number of benzene rings is 1. The number of carbonyl (C=O) groups is 1. The Bertz CT molecular complexity index is 672. The van der Waals surface area contributed by atoms with Gasteiger partial charge in [-0.1, -0.05) is 25.1 Å². The average Bonchev–Trinajstić information content (AvgIpc) is 3.04. The predicted molar refractivity (Wildman–Crippen MR) is 81.1 cm³/mol. The normalized spacial score (nSPS) is 17.7. The van der Waals surface area contributed by atoms with Gasteiger partial charge in [-0.05, 0) is 18.1 Å². The second-order valence-electron chi connectivity index (χ2n) is 5.50. The summed E-state index contributed by atoms with van der Waals surface area (Å²) in [4.78, 5) is 22.5. The molecule has 0 saturated carbocycles. The second kappa shape index (κ2) is 6.22. The molecule has 1 aliphatic heterocycles.